The lowest BCUT2D eigenvalue weighted by atomic mass is 10.1. The topological polar surface area (TPSA) is 116 Å². The summed E-state index contributed by atoms with van der Waals surface area (Å²) in [4.78, 5) is 4.09. The van der Waals surface area contributed by atoms with Crippen LogP contribution in [0.15, 0.2) is 76.7 Å². The minimum absolute atomic E-state index is 0.210. The van der Waals surface area contributed by atoms with Gasteiger partial charge < -0.3 is 4.90 Å². The van der Waals surface area contributed by atoms with Crippen LogP contribution in [0, 0.1) is 0 Å². The summed E-state index contributed by atoms with van der Waals surface area (Å²) < 4.78 is 68.8. The molecule has 43 heavy (non-hydrogen) atoms. The van der Waals surface area contributed by atoms with Crippen molar-refractivity contribution in [3.05, 3.63) is 81.8 Å². The third-order valence-corrected chi connectivity index (χ3v) is 12.2. The van der Waals surface area contributed by atoms with Crippen LogP contribution in [0.1, 0.15) is 17.8 Å². The number of hydrogen-bond acceptors (Lipinski definition) is 8. The molecule has 0 aliphatic carbocycles. The number of aryl methyl sites for hydroxylation is 1. The van der Waals surface area contributed by atoms with Gasteiger partial charge in [-0.05, 0) is 53.8 Å². The van der Waals surface area contributed by atoms with Gasteiger partial charge in [0.15, 0.2) is 6.54 Å². The number of halogens is 1. The summed E-state index contributed by atoms with van der Waals surface area (Å²) >= 11 is 11.1. The second kappa shape index (κ2) is 12.1. The van der Waals surface area contributed by atoms with Crippen LogP contribution in [0.4, 0.5) is 5.69 Å². The van der Waals surface area contributed by atoms with Crippen molar-refractivity contribution in [3.63, 3.8) is 0 Å². The number of nitrogens with zero attached hydrogens (tertiary/aromatic N) is 2. The molecule has 0 fully saturated rings. The second-order valence-electron chi connectivity index (χ2n) is 10.1. The summed E-state index contributed by atoms with van der Waals surface area (Å²) in [7, 11) is -8.23. The molecule has 0 spiro atoms. The van der Waals surface area contributed by atoms with Crippen molar-refractivity contribution in [1.29, 1.82) is 0 Å². The van der Waals surface area contributed by atoms with E-state index in [1.165, 1.54) is 21.8 Å². The maximum absolute atomic E-state index is 11.5. The smallest absolute Gasteiger partial charge is 0.265 e. The summed E-state index contributed by atoms with van der Waals surface area (Å²) in [5.74, 6) is -0.722. The first kappa shape index (κ1) is 30.5. The summed E-state index contributed by atoms with van der Waals surface area (Å²) in [5, 5.41) is 3.45. The number of thiophene rings is 1. The SMILES string of the molecule is O=S(=O)(O)CCCN1C(=Cc2sc3ccc(-c4cc5ccccc5s4)cc3[n+]2CCCS(=O)(=O)O)Sc2ccc(Cl)cc21. The van der Waals surface area contributed by atoms with Crippen molar-refractivity contribution in [2.45, 2.75) is 24.3 Å². The molecule has 224 valence electrons. The van der Waals surface area contributed by atoms with Crippen molar-refractivity contribution >= 4 is 98.3 Å². The van der Waals surface area contributed by atoms with Crippen LogP contribution >= 0.6 is 46.0 Å². The van der Waals surface area contributed by atoms with E-state index >= 15 is 0 Å². The van der Waals surface area contributed by atoms with Crippen molar-refractivity contribution in [3.8, 4) is 10.4 Å². The van der Waals surface area contributed by atoms with Crippen molar-refractivity contribution in [1.82, 2.24) is 0 Å². The third kappa shape index (κ3) is 7.10. The first-order valence-electron chi connectivity index (χ1n) is 13.3. The van der Waals surface area contributed by atoms with Crippen molar-refractivity contribution < 1.29 is 30.5 Å². The van der Waals surface area contributed by atoms with Crippen LogP contribution in [0.25, 0.3) is 36.8 Å². The number of thioether (sulfide) groups is 1. The van der Waals surface area contributed by atoms with Gasteiger partial charge in [0.1, 0.15) is 4.70 Å². The largest absolute Gasteiger partial charge is 0.335 e. The van der Waals surface area contributed by atoms with Gasteiger partial charge >= 0.3 is 0 Å². The zero-order chi connectivity index (χ0) is 30.4. The van der Waals surface area contributed by atoms with E-state index in [4.69, 9.17) is 11.6 Å². The molecule has 14 heteroatoms. The summed E-state index contributed by atoms with van der Waals surface area (Å²) in [5.41, 5.74) is 2.85. The number of benzene rings is 3. The zero-order valence-electron chi connectivity index (χ0n) is 22.5. The van der Waals surface area contributed by atoms with Gasteiger partial charge in [-0.2, -0.15) is 21.4 Å². The van der Waals surface area contributed by atoms with Gasteiger partial charge in [-0.1, -0.05) is 59.0 Å². The average Bonchev–Trinajstić information content (AvgIpc) is 3.61. The predicted molar refractivity (Wildman–Crippen MR) is 178 cm³/mol. The van der Waals surface area contributed by atoms with Gasteiger partial charge in [0, 0.05) is 38.5 Å². The Morgan fingerprint density at radius 1 is 0.860 bits per heavy atom. The number of anilines is 1. The Balaban J connectivity index is 1.42. The van der Waals surface area contributed by atoms with E-state index in [1.54, 1.807) is 28.7 Å². The first-order chi connectivity index (χ1) is 20.4. The van der Waals surface area contributed by atoms with Gasteiger partial charge in [0.05, 0.1) is 28.3 Å². The average molecular weight is 694 g/mol. The summed E-state index contributed by atoms with van der Waals surface area (Å²) in [6.07, 6.45) is 2.45. The highest BCUT2D eigenvalue weighted by Crippen LogP contribution is 2.48. The van der Waals surface area contributed by atoms with Crippen LogP contribution in [-0.2, 0) is 26.8 Å². The molecular weight excluding hydrogens is 668 g/mol. The Morgan fingerprint density at radius 2 is 1.63 bits per heavy atom. The standard InChI is InChI=1S/C29H25ClN2O6S5/c30-21-8-10-26-23(17-21)32(12-4-14-43(36,37)38)29(41-26)18-28-31(11-3-13-42(33,34)35)22-15-20(7-9-25(22)40-28)27-16-19-5-1-2-6-24(19)39-27/h1-2,5-10,15-18H,3-4,11-14H2,(H-,33,34,35,36,37,38)/p+1. The van der Waals surface area contributed by atoms with Gasteiger partial charge in [0.2, 0.25) is 5.52 Å². The first-order valence-corrected chi connectivity index (χ1v) is 19.3. The lowest BCUT2D eigenvalue weighted by Crippen LogP contribution is -2.36. The zero-order valence-corrected chi connectivity index (χ0v) is 27.4. The van der Waals surface area contributed by atoms with Crippen LogP contribution in [0.2, 0.25) is 5.02 Å². The lowest BCUT2D eigenvalue weighted by Gasteiger charge is -2.20. The fraction of sp³-hybridized carbons (Fsp3) is 0.207. The molecule has 3 heterocycles. The molecule has 1 aliphatic rings. The van der Waals surface area contributed by atoms with E-state index in [9.17, 15) is 25.9 Å². The van der Waals surface area contributed by atoms with Crippen LogP contribution in [-0.4, -0.2) is 44.0 Å². The van der Waals surface area contributed by atoms with E-state index in [2.05, 4.69) is 41.0 Å². The Morgan fingerprint density at radius 3 is 2.40 bits per heavy atom. The number of thiazole rings is 1. The van der Waals surface area contributed by atoms with Gasteiger partial charge in [-0.25, -0.2) is 0 Å². The number of aromatic nitrogens is 1. The quantitative estimate of drug-likeness (QED) is 0.117. The normalized spacial score (nSPS) is 14.8. The lowest BCUT2D eigenvalue weighted by molar-refractivity contribution is -0.668. The van der Waals surface area contributed by atoms with Gasteiger partial charge in [0.25, 0.3) is 25.2 Å². The van der Waals surface area contributed by atoms with Crippen molar-refractivity contribution in [2.24, 2.45) is 0 Å². The molecule has 3 aromatic carbocycles. The van der Waals surface area contributed by atoms with E-state index in [0.29, 0.717) is 18.1 Å². The van der Waals surface area contributed by atoms with E-state index in [0.717, 1.165) is 41.3 Å². The monoisotopic (exact) mass is 693 g/mol. The third-order valence-electron chi connectivity index (χ3n) is 6.95. The molecule has 8 nitrogen and oxygen atoms in total. The van der Waals surface area contributed by atoms with Gasteiger partial charge in [-0.15, -0.1) is 11.3 Å². The Bertz CT molecular complexity index is 2070. The van der Waals surface area contributed by atoms with E-state index in [1.807, 2.05) is 35.2 Å². The molecule has 0 bridgehead atoms. The van der Waals surface area contributed by atoms with Crippen molar-refractivity contribution in [2.75, 3.05) is 23.0 Å². The highest BCUT2D eigenvalue weighted by Gasteiger charge is 2.29. The molecule has 0 radical (unpaired) electrons. The molecule has 0 amide bonds. The highest BCUT2D eigenvalue weighted by atomic mass is 35.5. The Labute approximate surface area is 266 Å². The van der Waals surface area contributed by atoms with Crippen LogP contribution < -0.4 is 9.47 Å². The molecule has 0 unspecified atom stereocenters. The maximum Gasteiger partial charge on any atom is 0.265 e. The second-order valence-corrected chi connectivity index (χ2v) is 16.8. The fourth-order valence-corrected chi connectivity index (χ4v) is 9.54. The molecule has 5 aromatic rings. The summed E-state index contributed by atoms with van der Waals surface area (Å²) in [6, 6.07) is 22.2. The van der Waals surface area contributed by atoms with E-state index < -0.39 is 20.2 Å². The predicted octanol–water partition coefficient (Wildman–Crippen LogP) is 7.19. The molecule has 0 atom stereocenters. The van der Waals surface area contributed by atoms with E-state index in [-0.39, 0.29) is 24.3 Å². The molecule has 6 rings (SSSR count). The molecule has 2 aromatic heterocycles. The molecular formula is C29H26ClN2O6S5+. The number of hydrogen-bond donors (Lipinski definition) is 2. The maximum atomic E-state index is 11.5. The van der Waals surface area contributed by atoms with Gasteiger partial charge in [-0.3, -0.25) is 9.11 Å². The van der Waals surface area contributed by atoms with Crippen LogP contribution in [0.5, 0.6) is 0 Å². The minimum Gasteiger partial charge on any atom is -0.335 e. The molecule has 0 saturated heterocycles. The number of fused-ring (bicyclic) bond motifs is 3. The molecule has 2 N–H and O–H groups in total. The number of rotatable bonds is 10. The van der Waals surface area contributed by atoms with Crippen LogP contribution in [0.3, 0.4) is 0 Å². The highest BCUT2D eigenvalue weighted by molar-refractivity contribution is 8.04. The Kier molecular flexibility index (Phi) is 8.61. The minimum atomic E-state index is -4.12. The molecule has 0 saturated carbocycles. The molecule has 1 aliphatic heterocycles. The fourth-order valence-electron chi connectivity index (χ4n) is 5.04. The summed E-state index contributed by atoms with van der Waals surface area (Å²) in [6.45, 7) is 0.705. The Hall–Kier alpha value is -2.49.